The fraction of sp³-hybridized carbons (Fsp3) is 0.370. The smallest absolute Gasteiger partial charge is 0.255 e. The van der Waals surface area contributed by atoms with E-state index in [9.17, 15) is 14.4 Å². The Balaban J connectivity index is 1.31. The van der Waals surface area contributed by atoms with Crippen LogP contribution in [0.5, 0.6) is 0 Å². The number of hydrogen-bond donors (Lipinski definition) is 2. The van der Waals surface area contributed by atoms with Crippen LogP contribution in [0.1, 0.15) is 46.3 Å². The minimum Gasteiger partial charge on any atom is -0.377 e. The Morgan fingerprint density at radius 2 is 1.97 bits per heavy atom. The van der Waals surface area contributed by atoms with E-state index in [0.29, 0.717) is 31.5 Å². The number of nitrogens with one attached hydrogen (secondary N) is 2. The van der Waals surface area contributed by atoms with Crippen molar-refractivity contribution in [1.82, 2.24) is 10.2 Å². The summed E-state index contributed by atoms with van der Waals surface area (Å²) in [6.45, 7) is 6.94. The van der Waals surface area contributed by atoms with Gasteiger partial charge in [0.05, 0.1) is 12.6 Å². The van der Waals surface area contributed by atoms with Crippen LogP contribution in [-0.2, 0) is 22.7 Å². The van der Waals surface area contributed by atoms with E-state index in [1.807, 2.05) is 51.4 Å². The van der Waals surface area contributed by atoms with Gasteiger partial charge < -0.3 is 20.4 Å². The monoisotopic (exact) mass is 460 g/mol. The maximum atomic E-state index is 12.9. The predicted octanol–water partition coefficient (Wildman–Crippen LogP) is 3.42. The summed E-state index contributed by atoms with van der Waals surface area (Å²) in [5, 5.41) is 6.09. The van der Waals surface area contributed by atoms with E-state index in [4.69, 9.17) is 0 Å². The second kappa shape index (κ2) is 9.71. The molecule has 7 heteroatoms. The predicted molar refractivity (Wildman–Crippen MR) is 134 cm³/mol. The van der Waals surface area contributed by atoms with Crippen LogP contribution in [0.4, 0.5) is 11.4 Å². The van der Waals surface area contributed by atoms with E-state index < -0.39 is 0 Å². The first-order chi connectivity index (χ1) is 16.2. The Morgan fingerprint density at radius 3 is 2.68 bits per heavy atom. The zero-order valence-corrected chi connectivity index (χ0v) is 20.1. The minimum atomic E-state index is -0.366. The highest BCUT2D eigenvalue weighted by Crippen LogP contribution is 2.31. The zero-order valence-electron chi connectivity index (χ0n) is 20.1. The number of anilines is 2. The fourth-order valence-corrected chi connectivity index (χ4v) is 4.76. The lowest BCUT2D eigenvalue weighted by molar-refractivity contribution is -0.124. The summed E-state index contributed by atoms with van der Waals surface area (Å²) >= 11 is 0. The number of ketones is 1. The first-order valence-electron chi connectivity index (χ1n) is 11.6. The number of nitrogens with zero attached hydrogens (tertiary/aromatic N) is 2. The molecule has 1 atom stereocenters. The maximum Gasteiger partial charge on any atom is 0.255 e. The van der Waals surface area contributed by atoms with Gasteiger partial charge in [0.15, 0.2) is 5.78 Å². The first-order valence-corrected chi connectivity index (χ1v) is 11.6. The molecule has 2 aromatic carbocycles. The lowest BCUT2D eigenvalue weighted by atomic mass is 9.90. The highest BCUT2D eigenvalue weighted by molar-refractivity contribution is 6.02. The van der Waals surface area contributed by atoms with E-state index in [-0.39, 0.29) is 30.2 Å². The maximum absolute atomic E-state index is 12.9. The van der Waals surface area contributed by atoms with Crippen LogP contribution >= 0.6 is 0 Å². The quantitative estimate of drug-likeness (QED) is 0.619. The van der Waals surface area contributed by atoms with Crippen LogP contribution in [0.15, 0.2) is 48.6 Å². The standard InChI is InChI=1S/C27H32N4O3/c1-17-5-9-24(25(32)11-17)31-16-20-13-19(6-8-22(20)27(31)34)14-29-26(33)15-28-21-7-10-23(30(3)4)18(2)12-21/h6-8,10,12-13,24,28H,1,5,9,11,14-16H2,2-4H3,(H,29,33). The van der Waals surface area contributed by atoms with Gasteiger partial charge in [0, 0.05) is 50.5 Å². The summed E-state index contributed by atoms with van der Waals surface area (Å²) in [6.07, 6.45) is 1.78. The van der Waals surface area contributed by atoms with Crippen molar-refractivity contribution in [3.8, 4) is 0 Å². The van der Waals surface area contributed by atoms with Gasteiger partial charge >= 0.3 is 0 Å². The molecule has 0 bridgehead atoms. The largest absolute Gasteiger partial charge is 0.377 e. The van der Waals surface area contributed by atoms with Crippen LogP contribution < -0.4 is 15.5 Å². The van der Waals surface area contributed by atoms with E-state index in [2.05, 4.69) is 22.1 Å². The Labute approximate surface area is 200 Å². The third-order valence-corrected chi connectivity index (χ3v) is 6.57. The van der Waals surface area contributed by atoms with Crippen LogP contribution in [-0.4, -0.2) is 49.2 Å². The lowest BCUT2D eigenvalue weighted by Crippen LogP contribution is -2.43. The number of rotatable bonds is 7. The topological polar surface area (TPSA) is 81.8 Å². The first kappa shape index (κ1) is 23.5. The molecule has 2 aliphatic rings. The van der Waals surface area contributed by atoms with Crippen LogP contribution in [0, 0.1) is 6.92 Å². The Kier molecular flexibility index (Phi) is 6.72. The molecule has 178 valence electrons. The number of allylic oxidation sites excluding steroid dienone is 1. The summed E-state index contributed by atoms with van der Waals surface area (Å²) in [4.78, 5) is 41.4. The molecule has 1 saturated carbocycles. The van der Waals surface area contributed by atoms with Crippen molar-refractivity contribution in [2.45, 2.75) is 45.3 Å². The molecule has 0 aromatic heterocycles. The highest BCUT2D eigenvalue weighted by atomic mass is 16.2. The number of fused-ring (bicyclic) bond motifs is 1. The van der Waals surface area contributed by atoms with Gasteiger partial charge in [0.25, 0.3) is 5.91 Å². The average Bonchev–Trinajstić information content (AvgIpc) is 3.11. The molecule has 34 heavy (non-hydrogen) atoms. The van der Waals surface area contributed by atoms with Crippen molar-refractivity contribution in [1.29, 1.82) is 0 Å². The third-order valence-electron chi connectivity index (χ3n) is 6.57. The molecule has 7 nitrogen and oxygen atoms in total. The molecule has 1 aliphatic carbocycles. The number of amides is 2. The summed E-state index contributed by atoms with van der Waals surface area (Å²) in [6, 6.07) is 11.3. The second-order valence-corrected chi connectivity index (χ2v) is 9.40. The van der Waals surface area contributed by atoms with Gasteiger partial charge in [-0.2, -0.15) is 0 Å². The van der Waals surface area contributed by atoms with Crippen molar-refractivity contribution in [2.24, 2.45) is 0 Å². The van der Waals surface area contributed by atoms with Crippen molar-refractivity contribution in [3.63, 3.8) is 0 Å². The summed E-state index contributed by atoms with van der Waals surface area (Å²) in [7, 11) is 4.00. The summed E-state index contributed by atoms with van der Waals surface area (Å²) in [5.41, 5.74) is 6.60. The third kappa shape index (κ3) is 4.98. The summed E-state index contributed by atoms with van der Waals surface area (Å²) < 4.78 is 0. The van der Waals surface area contributed by atoms with Gasteiger partial charge in [0.1, 0.15) is 0 Å². The van der Waals surface area contributed by atoms with Gasteiger partial charge in [-0.05, 0) is 60.7 Å². The molecule has 2 aromatic rings. The second-order valence-electron chi connectivity index (χ2n) is 9.40. The van der Waals surface area contributed by atoms with Crippen molar-refractivity contribution >= 4 is 29.0 Å². The number of Topliss-reactive ketones (excluding diaryl/α,β-unsaturated/α-hetero) is 1. The fourth-order valence-electron chi connectivity index (χ4n) is 4.76. The zero-order chi connectivity index (χ0) is 24.4. The van der Waals surface area contributed by atoms with Crippen LogP contribution in [0.2, 0.25) is 0 Å². The highest BCUT2D eigenvalue weighted by Gasteiger charge is 2.37. The van der Waals surface area contributed by atoms with E-state index in [1.54, 1.807) is 11.0 Å². The van der Waals surface area contributed by atoms with Crippen LogP contribution in [0.3, 0.4) is 0 Å². The van der Waals surface area contributed by atoms with E-state index >= 15 is 0 Å². The molecule has 1 unspecified atom stereocenters. The molecule has 0 radical (unpaired) electrons. The lowest BCUT2D eigenvalue weighted by Gasteiger charge is -2.30. The van der Waals surface area contributed by atoms with Crippen LogP contribution in [0.25, 0.3) is 0 Å². The summed E-state index contributed by atoms with van der Waals surface area (Å²) in [5.74, 6) is -0.124. The molecule has 4 rings (SSSR count). The molecule has 2 amide bonds. The van der Waals surface area contributed by atoms with Gasteiger partial charge in [-0.3, -0.25) is 14.4 Å². The minimum absolute atomic E-state index is 0.0731. The average molecular weight is 461 g/mol. The SMILES string of the molecule is C=C1CCC(N2Cc3cc(CNC(=O)CNc4ccc(N(C)C)c(C)c4)ccc3C2=O)C(=O)C1. The Hall–Kier alpha value is -3.61. The number of carbonyl (C=O) groups excluding carboxylic acids is 3. The van der Waals surface area contributed by atoms with E-state index in [0.717, 1.165) is 40.1 Å². The van der Waals surface area contributed by atoms with Gasteiger partial charge in [0.2, 0.25) is 5.91 Å². The molecule has 1 fully saturated rings. The molecule has 1 heterocycles. The molecule has 0 spiro atoms. The number of benzene rings is 2. The van der Waals surface area contributed by atoms with Gasteiger partial charge in [-0.1, -0.05) is 24.3 Å². The number of carbonyl (C=O) groups is 3. The van der Waals surface area contributed by atoms with Crippen molar-refractivity contribution in [2.75, 3.05) is 30.9 Å². The number of hydrogen-bond acceptors (Lipinski definition) is 5. The van der Waals surface area contributed by atoms with Gasteiger partial charge in [-0.25, -0.2) is 0 Å². The molecule has 2 N–H and O–H groups in total. The molecule has 0 saturated heterocycles. The van der Waals surface area contributed by atoms with Gasteiger partial charge in [-0.15, -0.1) is 0 Å². The molecule has 1 aliphatic heterocycles. The Bertz CT molecular complexity index is 1150. The van der Waals surface area contributed by atoms with Crippen molar-refractivity contribution in [3.05, 3.63) is 70.8 Å². The molecular formula is C27H32N4O3. The normalized spacial score (nSPS) is 17.6. The number of aryl methyl sites for hydroxylation is 1. The van der Waals surface area contributed by atoms with Crippen molar-refractivity contribution < 1.29 is 14.4 Å². The molecular weight excluding hydrogens is 428 g/mol. The van der Waals surface area contributed by atoms with E-state index in [1.165, 1.54) is 0 Å². The Morgan fingerprint density at radius 1 is 1.18 bits per heavy atom.